The van der Waals surface area contributed by atoms with Crippen molar-refractivity contribution in [3.05, 3.63) is 53.7 Å². The Kier molecular flexibility index (Phi) is 7.08. The van der Waals surface area contributed by atoms with E-state index in [0.29, 0.717) is 6.54 Å². The number of piperidine rings is 1. The van der Waals surface area contributed by atoms with Gasteiger partial charge in [0.15, 0.2) is 0 Å². The van der Waals surface area contributed by atoms with Gasteiger partial charge in [-0.15, -0.1) is 0 Å². The van der Waals surface area contributed by atoms with E-state index < -0.39 is 0 Å². The van der Waals surface area contributed by atoms with Crippen molar-refractivity contribution in [2.45, 2.75) is 25.9 Å². The SMILES string of the molecule is COc1ccc(OC)c(CNC(=O)C2CCN(Cc3cn(C)c4ccc(OC)cc34)CC2)c1. The molecular weight excluding hydrogens is 418 g/mol. The molecule has 1 aliphatic rings. The Balaban J connectivity index is 1.33. The number of fused-ring (bicyclic) bond motifs is 1. The summed E-state index contributed by atoms with van der Waals surface area (Å²) >= 11 is 0. The van der Waals surface area contributed by atoms with Gasteiger partial charge in [0.25, 0.3) is 0 Å². The van der Waals surface area contributed by atoms with E-state index in [4.69, 9.17) is 14.2 Å². The molecule has 1 aromatic heterocycles. The number of aromatic nitrogens is 1. The molecule has 0 aliphatic carbocycles. The summed E-state index contributed by atoms with van der Waals surface area (Å²) in [6.07, 6.45) is 3.91. The smallest absolute Gasteiger partial charge is 0.223 e. The second kappa shape index (κ2) is 10.2. The first-order chi connectivity index (χ1) is 16.0. The number of likely N-dealkylation sites (tertiary alicyclic amines) is 1. The van der Waals surface area contributed by atoms with Crippen LogP contribution in [-0.4, -0.2) is 49.8 Å². The van der Waals surface area contributed by atoms with Gasteiger partial charge in [0.2, 0.25) is 5.91 Å². The summed E-state index contributed by atoms with van der Waals surface area (Å²) in [7, 11) is 7.04. The van der Waals surface area contributed by atoms with Crippen LogP contribution in [0.5, 0.6) is 17.2 Å². The number of aryl methyl sites for hydroxylation is 1. The molecule has 1 saturated heterocycles. The third-order valence-corrected chi connectivity index (χ3v) is 6.57. The number of nitrogens with zero attached hydrogens (tertiary/aromatic N) is 2. The molecule has 3 aromatic rings. The van der Waals surface area contributed by atoms with Gasteiger partial charge in [-0.1, -0.05) is 0 Å². The van der Waals surface area contributed by atoms with Crippen molar-refractivity contribution in [2.24, 2.45) is 13.0 Å². The van der Waals surface area contributed by atoms with Gasteiger partial charge in [-0.25, -0.2) is 0 Å². The highest BCUT2D eigenvalue weighted by Gasteiger charge is 2.25. The normalized spacial score (nSPS) is 14.9. The number of amides is 1. The van der Waals surface area contributed by atoms with Gasteiger partial charge in [0, 0.05) is 48.7 Å². The second-order valence-electron chi connectivity index (χ2n) is 8.59. The van der Waals surface area contributed by atoms with E-state index >= 15 is 0 Å². The quantitative estimate of drug-likeness (QED) is 0.565. The Morgan fingerprint density at radius 2 is 1.67 bits per heavy atom. The molecule has 1 amide bonds. The van der Waals surface area contributed by atoms with Gasteiger partial charge in [-0.3, -0.25) is 9.69 Å². The van der Waals surface area contributed by atoms with Crippen LogP contribution in [0.15, 0.2) is 42.6 Å². The Bertz CT molecular complexity index is 1120. The number of nitrogens with one attached hydrogen (secondary N) is 1. The lowest BCUT2D eigenvalue weighted by molar-refractivity contribution is -0.126. The first kappa shape index (κ1) is 23.0. The first-order valence-corrected chi connectivity index (χ1v) is 11.3. The molecule has 33 heavy (non-hydrogen) atoms. The third kappa shape index (κ3) is 5.09. The molecule has 7 heteroatoms. The van der Waals surface area contributed by atoms with Crippen LogP contribution >= 0.6 is 0 Å². The molecule has 1 aliphatic heterocycles. The van der Waals surface area contributed by atoms with E-state index in [-0.39, 0.29) is 11.8 Å². The molecule has 0 spiro atoms. The fourth-order valence-electron chi connectivity index (χ4n) is 4.65. The molecule has 4 rings (SSSR count). The zero-order valence-electron chi connectivity index (χ0n) is 19.9. The summed E-state index contributed by atoms with van der Waals surface area (Å²) < 4.78 is 18.3. The van der Waals surface area contributed by atoms with Gasteiger partial charge in [-0.2, -0.15) is 0 Å². The molecule has 2 heterocycles. The summed E-state index contributed by atoms with van der Waals surface area (Å²) in [6, 6.07) is 11.8. The largest absolute Gasteiger partial charge is 0.497 e. The topological polar surface area (TPSA) is 65.0 Å². The Labute approximate surface area is 195 Å². The van der Waals surface area contributed by atoms with Crippen LogP contribution in [0.3, 0.4) is 0 Å². The van der Waals surface area contributed by atoms with Crippen molar-refractivity contribution in [3.63, 3.8) is 0 Å². The van der Waals surface area contributed by atoms with Crippen LogP contribution in [0.1, 0.15) is 24.0 Å². The predicted molar refractivity (Wildman–Crippen MR) is 129 cm³/mol. The minimum absolute atomic E-state index is 0.0328. The molecule has 0 bridgehead atoms. The van der Waals surface area contributed by atoms with E-state index in [9.17, 15) is 4.79 Å². The van der Waals surface area contributed by atoms with Crippen LogP contribution in [0.2, 0.25) is 0 Å². The lowest BCUT2D eigenvalue weighted by Crippen LogP contribution is -2.40. The van der Waals surface area contributed by atoms with Crippen LogP contribution < -0.4 is 19.5 Å². The lowest BCUT2D eigenvalue weighted by atomic mass is 9.95. The summed E-state index contributed by atoms with van der Waals surface area (Å²) in [4.78, 5) is 15.3. The highest BCUT2D eigenvalue weighted by Crippen LogP contribution is 2.28. The van der Waals surface area contributed by atoms with Crippen LogP contribution in [0.4, 0.5) is 0 Å². The number of methoxy groups -OCH3 is 3. The van der Waals surface area contributed by atoms with Crippen molar-refractivity contribution in [1.82, 2.24) is 14.8 Å². The minimum atomic E-state index is 0.0328. The maximum atomic E-state index is 12.8. The van der Waals surface area contributed by atoms with E-state index in [1.165, 1.54) is 16.5 Å². The monoisotopic (exact) mass is 451 g/mol. The van der Waals surface area contributed by atoms with Gasteiger partial charge >= 0.3 is 0 Å². The maximum Gasteiger partial charge on any atom is 0.223 e. The van der Waals surface area contributed by atoms with Gasteiger partial charge in [-0.05, 0) is 67.9 Å². The third-order valence-electron chi connectivity index (χ3n) is 6.57. The number of benzene rings is 2. The average molecular weight is 452 g/mol. The number of carbonyl (C=O) groups excluding carboxylic acids is 1. The molecule has 1 N–H and O–H groups in total. The molecule has 0 saturated carbocycles. The Morgan fingerprint density at radius 3 is 2.36 bits per heavy atom. The molecule has 176 valence electrons. The molecule has 7 nitrogen and oxygen atoms in total. The number of hydrogen-bond donors (Lipinski definition) is 1. The second-order valence-corrected chi connectivity index (χ2v) is 8.59. The number of rotatable bonds is 8. The minimum Gasteiger partial charge on any atom is -0.497 e. The van der Waals surface area contributed by atoms with Crippen LogP contribution in [-0.2, 0) is 24.9 Å². The average Bonchev–Trinajstić information content (AvgIpc) is 3.16. The molecule has 1 fully saturated rings. The standard InChI is InChI=1S/C26H33N3O4/c1-28-16-20(23-14-22(32-3)5-7-24(23)28)17-29-11-9-18(10-12-29)26(30)27-15-19-13-21(31-2)6-8-25(19)33-4/h5-8,13-14,16,18H,9-12,15,17H2,1-4H3,(H,27,30). The number of ether oxygens (including phenoxy) is 3. The summed E-state index contributed by atoms with van der Waals surface area (Å²) in [5.74, 6) is 2.51. The molecular formula is C26H33N3O4. The van der Waals surface area contributed by atoms with Crippen molar-refractivity contribution >= 4 is 16.8 Å². The van der Waals surface area contributed by atoms with Crippen molar-refractivity contribution < 1.29 is 19.0 Å². The van der Waals surface area contributed by atoms with Crippen LogP contribution in [0, 0.1) is 5.92 Å². The summed E-state index contributed by atoms with van der Waals surface area (Å²) in [6.45, 7) is 3.11. The zero-order chi connectivity index (χ0) is 23.4. The fourth-order valence-corrected chi connectivity index (χ4v) is 4.65. The summed E-state index contributed by atoms with van der Waals surface area (Å²) in [5.41, 5.74) is 3.40. The highest BCUT2D eigenvalue weighted by molar-refractivity contribution is 5.85. The number of carbonyl (C=O) groups is 1. The van der Waals surface area contributed by atoms with E-state index in [0.717, 1.165) is 55.3 Å². The Hall–Kier alpha value is -3.19. The zero-order valence-corrected chi connectivity index (χ0v) is 19.9. The molecule has 0 atom stereocenters. The van der Waals surface area contributed by atoms with Gasteiger partial charge in [0.05, 0.1) is 21.3 Å². The van der Waals surface area contributed by atoms with Gasteiger partial charge in [0.1, 0.15) is 17.2 Å². The number of hydrogen-bond acceptors (Lipinski definition) is 5. The lowest BCUT2D eigenvalue weighted by Gasteiger charge is -2.31. The van der Waals surface area contributed by atoms with Crippen molar-refractivity contribution in [3.8, 4) is 17.2 Å². The van der Waals surface area contributed by atoms with Crippen LogP contribution in [0.25, 0.3) is 10.9 Å². The molecule has 0 radical (unpaired) electrons. The Morgan fingerprint density at radius 1 is 0.970 bits per heavy atom. The van der Waals surface area contributed by atoms with Gasteiger partial charge < -0.3 is 24.1 Å². The fraction of sp³-hybridized carbons (Fsp3) is 0.423. The molecule has 2 aromatic carbocycles. The van der Waals surface area contributed by atoms with E-state index in [1.807, 2.05) is 24.3 Å². The van der Waals surface area contributed by atoms with Crippen molar-refractivity contribution in [1.29, 1.82) is 0 Å². The van der Waals surface area contributed by atoms with Crippen molar-refractivity contribution in [2.75, 3.05) is 34.4 Å². The van der Waals surface area contributed by atoms with E-state index in [1.54, 1.807) is 21.3 Å². The predicted octanol–water partition coefficient (Wildman–Crippen LogP) is 3.73. The van der Waals surface area contributed by atoms with E-state index in [2.05, 4.69) is 40.2 Å². The maximum absolute atomic E-state index is 12.8. The highest BCUT2D eigenvalue weighted by atomic mass is 16.5. The summed E-state index contributed by atoms with van der Waals surface area (Å²) in [5, 5.41) is 4.32. The first-order valence-electron chi connectivity index (χ1n) is 11.3. The molecule has 0 unspecified atom stereocenters.